The Morgan fingerprint density at radius 2 is 2.31 bits per heavy atom. The van der Waals surface area contributed by atoms with Crippen LogP contribution in [0, 0.1) is 13.0 Å². The van der Waals surface area contributed by atoms with Crippen LogP contribution in [-0.2, 0) is 0 Å². The monoisotopic (exact) mass is 250 g/mol. The molecule has 0 aliphatic rings. The molecule has 13 heavy (non-hydrogen) atoms. The molecule has 0 atom stereocenters. The van der Waals surface area contributed by atoms with Crippen molar-refractivity contribution < 1.29 is 21.7 Å². The average molecular weight is 251 g/mol. The summed E-state index contributed by atoms with van der Waals surface area (Å²) in [4.78, 5) is 0. The first-order valence-corrected chi connectivity index (χ1v) is 3.55. The fourth-order valence-electron chi connectivity index (χ4n) is 0.797. The Morgan fingerprint density at radius 3 is 2.85 bits per heavy atom. The van der Waals surface area contributed by atoms with Gasteiger partial charge in [0.05, 0.1) is 6.61 Å². The van der Waals surface area contributed by atoms with Crippen molar-refractivity contribution in [2.75, 3.05) is 6.61 Å². The Kier molecular flexibility index (Phi) is 10.2. The van der Waals surface area contributed by atoms with Crippen LogP contribution in [0.4, 0.5) is 0 Å². The maximum atomic E-state index is 5.34. The Bertz CT molecular complexity index is 250. The van der Waals surface area contributed by atoms with Crippen LogP contribution in [0.5, 0.6) is 5.75 Å². The van der Waals surface area contributed by atoms with Gasteiger partial charge in [0.1, 0.15) is 0 Å². The van der Waals surface area contributed by atoms with Gasteiger partial charge in [-0.1, -0.05) is 19.6 Å². The Hall–Kier alpha value is 0.00623. The topological polar surface area (TPSA) is 9.23 Å². The van der Waals surface area contributed by atoms with Crippen LogP contribution < -0.4 is 21.7 Å². The van der Waals surface area contributed by atoms with Crippen molar-refractivity contribution in [3.63, 3.8) is 0 Å². The van der Waals surface area contributed by atoms with Crippen LogP contribution >= 0.6 is 0 Å². The molecular formula is C10H11BrMgO. The van der Waals surface area contributed by atoms with Crippen LogP contribution in [0.15, 0.2) is 30.9 Å². The van der Waals surface area contributed by atoms with Gasteiger partial charge in [-0.3, -0.25) is 0 Å². The summed E-state index contributed by atoms with van der Waals surface area (Å²) in [7, 11) is 0. The van der Waals surface area contributed by atoms with E-state index in [1.807, 2.05) is 25.1 Å². The van der Waals surface area contributed by atoms with Crippen molar-refractivity contribution in [1.82, 2.24) is 0 Å². The van der Waals surface area contributed by atoms with Gasteiger partial charge < -0.3 is 21.7 Å². The maximum Gasteiger partial charge on any atom is 2.00 e. The molecule has 1 nitrogen and oxygen atoms in total. The number of ether oxygens (including phenoxy) is 1. The Balaban J connectivity index is 0. The van der Waals surface area contributed by atoms with E-state index in [1.165, 1.54) is 0 Å². The maximum absolute atomic E-state index is 5.34. The molecule has 0 bridgehead atoms. The fraction of sp³-hybridized carbons (Fsp3) is 0.200. The fourth-order valence-corrected chi connectivity index (χ4v) is 0.797. The zero-order valence-corrected chi connectivity index (χ0v) is 10.7. The largest absolute Gasteiger partial charge is 2.00 e. The molecule has 0 heterocycles. The molecule has 0 unspecified atom stereocenters. The van der Waals surface area contributed by atoms with E-state index in [9.17, 15) is 0 Å². The molecule has 0 N–H and O–H groups in total. The molecular weight excluding hydrogens is 240 g/mol. The average Bonchev–Trinajstić information content (AvgIpc) is 2.03. The smallest absolute Gasteiger partial charge is 1.00 e. The summed E-state index contributed by atoms with van der Waals surface area (Å²) in [6.45, 7) is 6.13. The summed E-state index contributed by atoms with van der Waals surface area (Å²) < 4.78 is 5.34. The van der Waals surface area contributed by atoms with E-state index in [1.54, 1.807) is 6.08 Å². The molecule has 0 spiro atoms. The normalized spacial score (nSPS) is 7.77. The molecule has 0 saturated carbocycles. The summed E-state index contributed by atoms with van der Waals surface area (Å²) in [5.41, 5.74) is 1.13. The quantitative estimate of drug-likeness (QED) is 0.380. The zero-order valence-electron chi connectivity index (χ0n) is 7.72. The van der Waals surface area contributed by atoms with Crippen molar-refractivity contribution in [2.45, 2.75) is 6.92 Å². The number of hydrogen-bond donors (Lipinski definition) is 0. The van der Waals surface area contributed by atoms with E-state index >= 15 is 0 Å². The zero-order chi connectivity index (χ0) is 8.10. The van der Waals surface area contributed by atoms with Gasteiger partial charge in [0.2, 0.25) is 0 Å². The summed E-state index contributed by atoms with van der Waals surface area (Å²) in [5.74, 6) is 0.882. The van der Waals surface area contributed by atoms with Gasteiger partial charge in [0.15, 0.2) is 0 Å². The van der Waals surface area contributed by atoms with Gasteiger partial charge in [-0.05, 0) is 0 Å². The number of aryl methyl sites for hydroxylation is 1. The molecule has 0 aromatic heterocycles. The Labute approximate surface area is 106 Å². The van der Waals surface area contributed by atoms with Crippen molar-refractivity contribution in [2.24, 2.45) is 0 Å². The third kappa shape index (κ3) is 5.34. The third-order valence-electron chi connectivity index (χ3n) is 1.39. The molecule has 1 rings (SSSR count). The van der Waals surface area contributed by atoms with E-state index in [0.29, 0.717) is 6.61 Å². The Morgan fingerprint density at radius 1 is 1.62 bits per heavy atom. The summed E-state index contributed by atoms with van der Waals surface area (Å²) in [5, 5.41) is 0. The van der Waals surface area contributed by atoms with Crippen molar-refractivity contribution in [3.8, 4) is 5.75 Å². The predicted octanol–water partition coefficient (Wildman–Crippen LogP) is -1.02. The minimum Gasteiger partial charge on any atom is -1.00 e. The first-order valence-electron chi connectivity index (χ1n) is 3.55. The molecule has 0 aliphatic carbocycles. The van der Waals surface area contributed by atoms with E-state index in [0.717, 1.165) is 11.3 Å². The number of rotatable bonds is 3. The van der Waals surface area contributed by atoms with Gasteiger partial charge in [-0.15, -0.1) is 11.6 Å². The second kappa shape index (κ2) is 8.60. The summed E-state index contributed by atoms with van der Waals surface area (Å²) >= 11 is 0. The summed E-state index contributed by atoms with van der Waals surface area (Å²) in [6.07, 6.45) is 1.73. The number of halogens is 1. The molecule has 0 amide bonds. The molecule has 0 fully saturated rings. The first kappa shape index (κ1) is 15.5. The van der Waals surface area contributed by atoms with Crippen LogP contribution in [0.25, 0.3) is 0 Å². The van der Waals surface area contributed by atoms with Gasteiger partial charge in [-0.2, -0.15) is 18.2 Å². The molecule has 1 aromatic rings. The minimum absolute atomic E-state index is 0. The second-order valence-electron chi connectivity index (χ2n) is 2.29. The van der Waals surface area contributed by atoms with Crippen LogP contribution in [-0.4, -0.2) is 29.7 Å². The van der Waals surface area contributed by atoms with Crippen LogP contribution in [0.2, 0.25) is 0 Å². The minimum atomic E-state index is 0. The molecule has 66 valence electrons. The predicted molar refractivity (Wildman–Crippen MR) is 51.5 cm³/mol. The van der Waals surface area contributed by atoms with E-state index in [-0.39, 0.29) is 40.0 Å². The molecule has 3 heteroatoms. The van der Waals surface area contributed by atoms with E-state index < -0.39 is 0 Å². The van der Waals surface area contributed by atoms with Crippen molar-refractivity contribution in [3.05, 3.63) is 42.5 Å². The van der Waals surface area contributed by atoms with E-state index in [2.05, 4.69) is 12.6 Å². The van der Waals surface area contributed by atoms with Crippen LogP contribution in [0.1, 0.15) is 5.56 Å². The van der Waals surface area contributed by atoms with Gasteiger partial charge >= 0.3 is 23.1 Å². The standard InChI is InChI=1S/C10H11O.BrH.Mg/c1-3-8-11-10-7-5-4-6-9(10)2;;/h3-4,6-7H,1,8H2,2H3;1H;/q-1;;+2/p-1. The van der Waals surface area contributed by atoms with Gasteiger partial charge in [-0.25, -0.2) is 0 Å². The second-order valence-corrected chi connectivity index (χ2v) is 2.29. The summed E-state index contributed by atoms with van der Waals surface area (Å²) in [6, 6.07) is 8.63. The van der Waals surface area contributed by atoms with Crippen LogP contribution in [0.3, 0.4) is 0 Å². The SMILES string of the molecule is C=CCOc1c[c-]ccc1C.[Br-].[Mg+2]. The van der Waals surface area contributed by atoms with Gasteiger partial charge in [0.25, 0.3) is 0 Å². The van der Waals surface area contributed by atoms with Crippen molar-refractivity contribution >= 4 is 23.1 Å². The van der Waals surface area contributed by atoms with Crippen molar-refractivity contribution in [1.29, 1.82) is 0 Å². The molecule has 1 aromatic carbocycles. The molecule has 0 aliphatic heterocycles. The molecule has 0 radical (unpaired) electrons. The van der Waals surface area contributed by atoms with E-state index in [4.69, 9.17) is 4.74 Å². The third-order valence-corrected chi connectivity index (χ3v) is 1.39. The number of hydrogen-bond acceptors (Lipinski definition) is 1. The first-order chi connectivity index (χ1) is 5.34. The number of benzene rings is 1. The molecule has 0 saturated heterocycles. The van der Waals surface area contributed by atoms with Gasteiger partial charge in [0, 0.05) is 5.75 Å².